The van der Waals surface area contributed by atoms with Gasteiger partial charge < -0.3 is 0 Å². The number of benzene rings is 1. The van der Waals surface area contributed by atoms with E-state index in [4.69, 9.17) is 0 Å². The summed E-state index contributed by atoms with van der Waals surface area (Å²) in [7, 11) is -3.73. The molecule has 6 nitrogen and oxygen atoms in total. The van der Waals surface area contributed by atoms with Crippen LogP contribution in [0.3, 0.4) is 0 Å². The Kier molecular flexibility index (Phi) is 4.29. The molecule has 2 aromatic heterocycles. The molecule has 3 aromatic rings. The fourth-order valence-corrected chi connectivity index (χ4v) is 4.28. The quantitative estimate of drug-likeness (QED) is 0.774. The molecule has 24 heavy (non-hydrogen) atoms. The monoisotopic (exact) mass is 356 g/mol. The molecule has 0 spiro atoms. The standard InChI is InChI=1S/C16H12N4O2S2/c1-11-19-10-16(23-11)24(21,22)20-15-7-12(9-17)6-14(8-15)13-2-4-18-5-3-13/h2-8,10,20H,1H3. The highest BCUT2D eigenvalue weighted by atomic mass is 32.2. The van der Waals surface area contributed by atoms with Crippen LogP contribution in [0, 0.1) is 18.3 Å². The second-order valence-corrected chi connectivity index (χ2v) is 8.09. The van der Waals surface area contributed by atoms with Crippen LogP contribution in [0.5, 0.6) is 0 Å². The average molecular weight is 356 g/mol. The van der Waals surface area contributed by atoms with E-state index in [9.17, 15) is 13.7 Å². The zero-order chi connectivity index (χ0) is 17.2. The second-order valence-electron chi connectivity index (χ2n) is 4.95. The first-order chi connectivity index (χ1) is 11.5. The van der Waals surface area contributed by atoms with Gasteiger partial charge in [0.05, 0.1) is 28.5 Å². The fourth-order valence-electron chi connectivity index (χ4n) is 2.13. The number of nitrogens with zero attached hydrogens (tertiary/aromatic N) is 3. The van der Waals surface area contributed by atoms with Gasteiger partial charge in [-0.1, -0.05) is 0 Å². The Morgan fingerprint density at radius 2 is 1.92 bits per heavy atom. The van der Waals surface area contributed by atoms with Crippen molar-refractivity contribution in [1.29, 1.82) is 5.26 Å². The number of rotatable bonds is 4. The van der Waals surface area contributed by atoms with Gasteiger partial charge in [-0.2, -0.15) is 5.26 Å². The maximum atomic E-state index is 12.4. The molecule has 0 aliphatic heterocycles. The summed E-state index contributed by atoms with van der Waals surface area (Å²) in [5.74, 6) is 0. The van der Waals surface area contributed by atoms with Gasteiger partial charge in [-0.3, -0.25) is 9.71 Å². The molecule has 0 saturated heterocycles. The molecular weight excluding hydrogens is 344 g/mol. The molecule has 2 heterocycles. The molecule has 1 N–H and O–H groups in total. The molecule has 8 heteroatoms. The van der Waals surface area contributed by atoms with E-state index in [1.807, 2.05) is 6.07 Å². The highest BCUT2D eigenvalue weighted by Gasteiger charge is 2.18. The molecule has 0 amide bonds. The van der Waals surface area contributed by atoms with Crippen LogP contribution in [0.2, 0.25) is 0 Å². The van der Waals surface area contributed by atoms with Crippen LogP contribution < -0.4 is 4.72 Å². The van der Waals surface area contributed by atoms with E-state index in [1.165, 1.54) is 12.3 Å². The molecule has 0 bridgehead atoms. The third-order valence-corrected chi connectivity index (χ3v) is 5.95. The largest absolute Gasteiger partial charge is 0.279 e. The van der Waals surface area contributed by atoms with Crippen LogP contribution in [-0.2, 0) is 10.0 Å². The summed E-state index contributed by atoms with van der Waals surface area (Å²) >= 11 is 1.09. The van der Waals surface area contributed by atoms with E-state index < -0.39 is 10.0 Å². The minimum Gasteiger partial charge on any atom is -0.279 e. The molecule has 0 aliphatic rings. The number of aromatic nitrogens is 2. The Labute approximate surface area is 143 Å². The lowest BCUT2D eigenvalue weighted by Gasteiger charge is -2.09. The summed E-state index contributed by atoms with van der Waals surface area (Å²) in [4.78, 5) is 7.92. The first-order valence-electron chi connectivity index (χ1n) is 6.89. The Balaban J connectivity index is 2.01. The van der Waals surface area contributed by atoms with Crippen LogP contribution in [0.4, 0.5) is 5.69 Å². The van der Waals surface area contributed by atoms with Crippen LogP contribution in [-0.4, -0.2) is 18.4 Å². The van der Waals surface area contributed by atoms with E-state index >= 15 is 0 Å². The van der Waals surface area contributed by atoms with Crippen LogP contribution in [0.1, 0.15) is 10.6 Å². The van der Waals surface area contributed by atoms with Crippen LogP contribution >= 0.6 is 11.3 Å². The number of nitrogens with one attached hydrogen (secondary N) is 1. The summed E-state index contributed by atoms with van der Waals surface area (Å²) < 4.78 is 27.5. The minimum absolute atomic E-state index is 0.132. The molecule has 1 aromatic carbocycles. The number of anilines is 1. The smallest absolute Gasteiger partial charge is 0.273 e. The van der Waals surface area contributed by atoms with E-state index in [-0.39, 0.29) is 4.21 Å². The molecular formula is C16H12N4O2S2. The number of pyridine rings is 1. The fraction of sp³-hybridized carbons (Fsp3) is 0.0625. The molecule has 0 fully saturated rings. The van der Waals surface area contributed by atoms with Crippen LogP contribution in [0.15, 0.2) is 53.1 Å². The van der Waals surface area contributed by atoms with Crippen LogP contribution in [0.25, 0.3) is 11.1 Å². The van der Waals surface area contributed by atoms with Crippen molar-refractivity contribution in [1.82, 2.24) is 9.97 Å². The van der Waals surface area contributed by atoms with Crippen molar-refractivity contribution >= 4 is 27.0 Å². The van der Waals surface area contributed by atoms with Crippen molar-refractivity contribution in [3.8, 4) is 17.2 Å². The average Bonchev–Trinajstić information content (AvgIpc) is 3.02. The Morgan fingerprint density at radius 1 is 1.17 bits per heavy atom. The Hall–Kier alpha value is -2.76. The normalized spacial score (nSPS) is 11.0. The van der Waals surface area contributed by atoms with Gasteiger partial charge in [-0.05, 0) is 48.4 Å². The Morgan fingerprint density at radius 3 is 2.54 bits per heavy atom. The second kappa shape index (κ2) is 6.39. The summed E-state index contributed by atoms with van der Waals surface area (Å²) in [6.07, 6.45) is 4.59. The number of thiazole rings is 1. The lowest BCUT2D eigenvalue weighted by atomic mass is 10.0. The lowest BCUT2D eigenvalue weighted by molar-refractivity contribution is 0.603. The van der Waals surface area contributed by atoms with E-state index in [0.29, 0.717) is 16.3 Å². The van der Waals surface area contributed by atoms with Crippen molar-refractivity contribution in [2.75, 3.05) is 4.72 Å². The Bertz CT molecular complexity index is 1020. The molecule has 0 radical (unpaired) electrons. The van der Waals surface area contributed by atoms with Gasteiger partial charge in [0, 0.05) is 12.4 Å². The van der Waals surface area contributed by atoms with Crippen molar-refractivity contribution in [2.24, 2.45) is 0 Å². The lowest BCUT2D eigenvalue weighted by Crippen LogP contribution is -2.11. The molecule has 120 valence electrons. The summed E-state index contributed by atoms with van der Waals surface area (Å²) in [5.41, 5.74) is 2.26. The molecule has 3 rings (SSSR count). The van der Waals surface area contributed by atoms with Gasteiger partial charge >= 0.3 is 0 Å². The van der Waals surface area contributed by atoms with Gasteiger partial charge in [0.15, 0.2) is 4.21 Å². The van der Waals surface area contributed by atoms with Gasteiger partial charge in [0.25, 0.3) is 10.0 Å². The van der Waals surface area contributed by atoms with Crippen molar-refractivity contribution < 1.29 is 8.42 Å². The topological polar surface area (TPSA) is 95.7 Å². The highest BCUT2D eigenvalue weighted by molar-refractivity contribution is 7.94. The molecule has 0 saturated carbocycles. The molecule has 0 atom stereocenters. The first-order valence-corrected chi connectivity index (χ1v) is 9.19. The number of aryl methyl sites for hydroxylation is 1. The van der Waals surface area contributed by atoms with Gasteiger partial charge in [0.1, 0.15) is 0 Å². The predicted molar refractivity (Wildman–Crippen MR) is 92.0 cm³/mol. The molecule has 0 unspecified atom stereocenters. The van der Waals surface area contributed by atoms with Gasteiger partial charge in [-0.25, -0.2) is 13.4 Å². The maximum Gasteiger partial charge on any atom is 0.273 e. The van der Waals surface area contributed by atoms with Gasteiger partial charge in [0.2, 0.25) is 0 Å². The zero-order valence-corrected chi connectivity index (χ0v) is 14.2. The number of hydrogen-bond donors (Lipinski definition) is 1. The van der Waals surface area contributed by atoms with Crippen molar-refractivity contribution in [3.63, 3.8) is 0 Å². The van der Waals surface area contributed by atoms with E-state index in [2.05, 4.69) is 14.7 Å². The van der Waals surface area contributed by atoms with E-state index in [0.717, 1.165) is 22.5 Å². The number of nitriles is 1. The third-order valence-electron chi connectivity index (χ3n) is 3.19. The number of sulfonamides is 1. The number of hydrogen-bond acceptors (Lipinski definition) is 6. The van der Waals surface area contributed by atoms with Crippen molar-refractivity contribution in [3.05, 3.63) is 59.5 Å². The summed E-state index contributed by atoms with van der Waals surface area (Å²) in [6, 6.07) is 10.5. The zero-order valence-electron chi connectivity index (χ0n) is 12.6. The highest BCUT2D eigenvalue weighted by Crippen LogP contribution is 2.27. The first kappa shape index (κ1) is 16.1. The summed E-state index contributed by atoms with van der Waals surface area (Å²) in [5, 5.41) is 9.87. The third kappa shape index (κ3) is 3.42. The predicted octanol–water partition coefficient (Wildman–Crippen LogP) is 3.19. The summed E-state index contributed by atoms with van der Waals surface area (Å²) in [6.45, 7) is 1.74. The minimum atomic E-state index is -3.73. The SMILES string of the molecule is Cc1ncc(S(=O)(=O)Nc2cc(C#N)cc(-c3ccncc3)c2)s1. The van der Waals surface area contributed by atoms with Crippen molar-refractivity contribution in [2.45, 2.75) is 11.1 Å². The molecule has 0 aliphatic carbocycles. The van der Waals surface area contributed by atoms with Gasteiger partial charge in [-0.15, -0.1) is 11.3 Å². The maximum absolute atomic E-state index is 12.4. The van der Waals surface area contributed by atoms with E-state index in [1.54, 1.807) is 43.6 Å².